The first kappa shape index (κ1) is 8.50. The van der Waals surface area contributed by atoms with E-state index < -0.39 is 6.03 Å². The van der Waals surface area contributed by atoms with Crippen molar-refractivity contribution in [3.63, 3.8) is 0 Å². The topological polar surface area (TPSA) is 68.0 Å². The van der Waals surface area contributed by atoms with Gasteiger partial charge in [0.15, 0.2) is 5.13 Å². The number of carbonyl (C=O) groups excluding carboxylic acids is 1. The van der Waals surface area contributed by atoms with Crippen molar-refractivity contribution in [2.45, 2.75) is 25.2 Å². The normalized spacial score (nSPS) is 16.6. The number of urea groups is 1. The number of hydrogen-bond donors (Lipinski definition) is 2. The van der Waals surface area contributed by atoms with E-state index in [0.29, 0.717) is 11.0 Å². The largest absolute Gasteiger partial charge is 0.351 e. The fraction of sp³-hybridized carbons (Fsp3) is 0.500. The van der Waals surface area contributed by atoms with E-state index in [0.717, 1.165) is 5.69 Å². The van der Waals surface area contributed by atoms with Gasteiger partial charge in [-0.15, -0.1) is 11.3 Å². The number of carbonyl (C=O) groups is 1. The predicted octanol–water partition coefficient (Wildman–Crippen LogP) is 1.90. The average Bonchev–Trinajstić information content (AvgIpc) is 2.31. The molecule has 70 valence electrons. The Morgan fingerprint density at radius 3 is 3.00 bits per heavy atom. The number of thiazole rings is 1. The first-order valence-corrected chi connectivity index (χ1v) is 5.15. The van der Waals surface area contributed by atoms with Crippen LogP contribution in [0.2, 0.25) is 0 Å². The third-order valence-electron chi connectivity index (χ3n) is 2.28. The predicted molar refractivity (Wildman–Crippen MR) is 51.9 cm³/mol. The fourth-order valence-corrected chi connectivity index (χ4v) is 2.14. The van der Waals surface area contributed by atoms with Gasteiger partial charge in [0.1, 0.15) is 0 Å². The molecule has 0 saturated heterocycles. The van der Waals surface area contributed by atoms with Crippen molar-refractivity contribution in [3.05, 3.63) is 11.1 Å². The fourth-order valence-electron chi connectivity index (χ4n) is 1.34. The second kappa shape index (κ2) is 3.33. The highest BCUT2D eigenvalue weighted by Gasteiger charge is 2.22. The lowest BCUT2D eigenvalue weighted by atomic mass is 9.83. The molecule has 1 fully saturated rings. The summed E-state index contributed by atoms with van der Waals surface area (Å²) in [4.78, 5) is 14.8. The molecule has 0 radical (unpaired) electrons. The Morgan fingerprint density at radius 2 is 2.46 bits per heavy atom. The van der Waals surface area contributed by atoms with Crippen LogP contribution in [0, 0.1) is 0 Å². The summed E-state index contributed by atoms with van der Waals surface area (Å²) in [7, 11) is 0. The number of primary amides is 1. The van der Waals surface area contributed by atoms with Gasteiger partial charge in [0.05, 0.1) is 5.69 Å². The van der Waals surface area contributed by atoms with Crippen molar-refractivity contribution in [1.82, 2.24) is 4.98 Å². The summed E-state index contributed by atoms with van der Waals surface area (Å²) < 4.78 is 0. The number of aromatic nitrogens is 1. The van der Waals surface area contributed by atoms with Crippen molar-refractivity contribution >= 4 is 22.5 Å². The van der Waals surface area contributed by atoms with Gasteiger partial charge in [0, 0.05) is 11.3 Å². The Morgan fingerprint density at radius 1 is 1.69 bits per heavy atom. The summed E-state index contributed by atoms with van der Waals surface area (Å²) in [5, 5.41) is 5.08. The van der Waals surface area contributed by atoms with Gasteiger partial charge in [-0.25, -0.2) is 9.78 Å². The smallest absolute Gasteiger partial charge is 0.318 e. The quantitative estimate of drug-likeness (QED) is 0.760. The van der Waals surface area contributed by atoms with E-state index in [1.54, 1.807) is 0 Å². The summed E-state index contributed by atoms with van der Waals surface area (Å²) >= 11 is 1.43. The van der Waals surface area contributed by atoms with Crippen LogP contribution >= 0.6 is 11.3 Å². The number of hydrogen-bond acceptors (Lipinski definition) is 3. The molecular weight excluding hydrogens is 186 g/mol. The third-order valence-corrected chi connectivity index (χ3v) is 3.05. The van der Waals surface area contributed by atoms with E-state index in [4.69, 9.17) is 5.73 Å². The van der Waals surface area contributed by atoms with Gasteiger partial charge >= 0.3 is 6.03 Å². The lowest BCUT2D eigenvalue weighted by molar-refractivity contribution is 0.259. The van der Waals surface area contributed by atoms with Crippen molar-refractivity contribution in [1.29, 1.82) is 0 Å². The van der Waals surface area contributed by atoms with Crippen LogP contribution in [0.5, 0.6) is 0 Å². The summed E-state index contributed by atoms with van der Waals surface area (Å²) in [6.45, 7) is 0. The van der Waals surface area contributed by atoms with Crippen LogP contribution in [0.25, 0.3) is 0 Å². The Hall–Kier alpha value is -1.10. The van der Waals surface area contributed by atoms with Gasteiger partial charge < -0.3 is 5.73 Å². The van der Waals surface area contributed by atoms with Crippen molar-refractivity contribution < 1.29 is 4.79 Å². The van der Waals surface area contributed by atoms with Crippen LogP contribution in [0.1, 0.15) is 30.9 Å². The molecule has 1 saturated carbocycles. The van der Waals surface area contributed by atoms with E-state index in [9.17, 15) is 4.79 Å². The van der Waals surface area contributed by atoms with Gasteiger partial charge in [-0.05, 0) is 12.8 Å². The van der Waals surface area contributed by atoms with Crippen molar-refractivity contribution in [2.24, 2.45) is 5.73 Å². The molecule has 0 aliphatic heterocycles. The number of amides is 2. The molecule has 4 nitrogen and oxygen atoms in total. The zero-order chi connectivity index (χ0) is 9.26. The van der Waals surface area contributed by atoms with Crippen LogP contribution < -0.4 is 11.1 Å². The number of anilines is 1. The highest BCUT2D eigenvalue weighted by atomic mass is 32.1. The molecule has 1 aliphatic carbocycles. The van der Waals surface area contributed by atoms with E-state index in [-0.39, 0.29) is 0 Å². The molecule has 13 heavy (non-hydrogen) atoms. The summed E-state index contributed by atoms with van der Waals surface area (Å²) in [6.07, 6.45) is 3.74. The Kier molecular flexibility index (Phi) is 2.18. The maximum absolute atomic E-state index is 10.5. The first-order chi connectivity index (χ1) is 6.25. The molecule has 0 spiro atoms. The molecule has 1 heterocycles. The minimum absolute atomic E-state index is 0.547. The van der Waals surface area contributed by atoms with Gasteiger partial charge in [-0.2, -0.15) is 0 Å². The lowest BCUT2D eigenvalue weighted by Crippen LogP contribution is -2.19. The maximum Gasteiger partial charge on any atom is 0.318 e. The lowest BCUT2D eigenvalue weighted by Gasteiger charge is -2.22. The monoisotopic (exact) mass is 197 g/mol. The molecule has 5 heteroatoms. The van der Waals surface area contributed by atoms with Gasteiger partial charge in [-0.1, -0.05) is 6.42 Å². The maximum atomic E-state index is 10.5. The van der Waals surface area contributed by atoms with E-state index in [1.807, 2.05) is 5.38 Å². The van der Waals surface area contributed by atoms with Gasteiger partial charge in [0.25, 0.3) is 0 Å². The highest BCUT2D eigenvalue weighted by Crippen LogP contribution is 2.37. The third kappa shape index (κ3) is 1.80. The molecule has 0 bridgehead atoms. The number of nitrogens with two attached hydrogens (primary N) is 1. The zero-order valence-electron chi connectivity index (χ0n) is 7.12. The second-order valence-corrected chi connectivity index (χ2v) is 4.05. The number of nitrogens with zero attached hydrogens (tertiary/aromatic N) is 1. The molecule has 0 unspecified atom stereocenters. The molecular formula is C8H11N3OS. The minimum Gasteiger partial charge on any atom is -0.351 e. The van der Waals surface area contributed by atoms with Crippen LogP contribution in [-0.4, -0.2) is 11.0 Å². The van der Waals surface area contributed by atoms with E-state index in [1.165, 1.54) is 30.6 Å². The van der Waals surface area contributed by atoms with Crippen LogP contribution in [-0.2, 0) is 0 Å². The first-order valence-electron chi connectivity index (χ1n) is 4.27. The van der Waals surface area contributed by atoms with E-state index >= 15 is 0 Å². The molecule has 1 aromatic rings. The molecule has 3 N–H and O–H groups in total. The molecule has 1 aromatic heterocycles. The van der Waals surface area contributed by atoms with Crippen LogP contribution in [0.4, 0.5) is 9.93 Å². The summed E-state index contributed by atoms with van der Waals surface area (Å²) in [5.74, 6) is 0.611. The molecule has 1 aliphatic rings. The Labute approximate surface area is 80.2 Å². The zero-order valence-corrected chi connectivity index (χ0v) is 7.93. The Balaban J connectivity index is 2.04. The Bertz CT molecular complexity index is 319. The van der Waals surface area contributed by atoms with Gasteiger partial charge in [-0.3, -0.25) is 5.32 Å². The molecule has 0 atom stereocenters. The van der Waals surface area contributed by atoms with Crippen LogP contribution in [0.15, 0.2) is 5.38 Å². The molecule has 2 rings (SSSR count). The minimum atomic E-state index is -0.547. The summed E-state index contributed by atoms with van der Waals surface area (Å²) in [6, 6.07) is -0.547. The SMILES string of the molecule is NC(=O)Nc1nc(C2CCC2)cs1. The second-order valence-electron chi connectivity index (χ2n) is 3.19. The van der Waals surface area contributed by atoms with Gasteiger partial charge in [0.2, 0.25) is 0 Å². The van der Waals surface area contributed by atoms with E-state index in [2.05, 4.69) is 10.3 Å². The molecule has 2 amide bonds. The number of nitrogens with one attached hydrogen (secondary N) is 1. The average molecular weight is 197 g/mol. The van der Waals surface area contributed by atoms with Crippen molar-refractivity contribution in [3.8, 4) is 0 Å². The summed E-state index contributed by atoms with van der Waals surface area (Å²) in [5.41, 5.74) is 6.07. The van der Waals surface area contributed by atoms with Crippen molar-refractivity contribution in [2.75, 3.05) is 5.32 Å². The molecule has 0 aromatic carbocycles. The standard InChI is InChI=1S/C8H11N3OS/c9-7(12)11-8-10-6(4-13-8)5-2-1-3-5/h4-5H,1-3H2,(H3,9,10,11,12). The number of rotatable bonds is 2. The highest BCUT2D eigenvalue weighted by molar-refractivity contribution is 7.13. The van der Waals surface area contributed by atoms with Crippen LogP contribution in [0.3, 0.4) is 0 Å².